The second kappa shape index (κ2) is 5.27. The molecule has 0 amide bonds. The summed E-state index contributed by atoms with van der Waals surface area (Å²) in [5, 5.41) is 14.1. The highest BCUT2D eigenvalue weighted by Crippen LogP contribution is 2.35. The summed E-state index contributed by atoms with van der Waals surface area (Å²) in [6.45, 7) is 5.56. The van der Waals surface area contributed by atoms with Crippen LogP contribution in [0.1, 0.15) is 71.6 Å². The van der Waals surface area contributed by atoms with Gasteiger partial charge in [-0.3, -0.25) is 0 Å². The Kier molecular flexibility index (Phi) is 4.14. The summed E-state index contributed by atoms with van der Waals surface area (Å²) in [5.74, 6) is 0. The van der Waals surface area contributed by atoms with Gasteiger partial charge in [-0.25, -0.2) is 0 Å². The number of hydrogen-bond acceptors (Lipinski definition) is 2. The van der Waals surface area contributed by atoms with Crippen molar-refractivity contribution in [3.05, 3.63) is 0 Å². The summed E-state index contributed by atoms with van der Waals surface area (Å²) in [5.41, 5.74) is 0.144. The molecule has 0 aliphatic heterocycles. The molecule has 2 nitrogen and oxygen atoms in total. The maximum atomic E-state index is 10.4. The van der Waals surface area contributed by atoms with Gasteiger partial charge in [0.15, 0.2) is 0 Å². The summed E-state index contributed by atoms with van der Waals surface area (Å²) in [4.78, 5) is 0. The normalized spacial score (nSPS) is 29.1. The smallest absolute Gasteiger partial charge is 0.0771 e. The lowest BCUT2D eigenvalue weighted by Gasteiger charge is -2.38. The Balaban J connectivity index is 1.71. The van der Waals surface area contributed by atoms with Crippen molar-refractivity contribution in [2.75, 3.05) is 6.54 Å². The first-order chi connectivity index (χ1) is 7.99. The van der Waals surface area contributed by atoms with Crippen molar-refractivity contribution in [2.45, 2.75) is 83.3 Å². The molecule has 2 aliphatic carbocycles. The zero-order chi connectivity index (χ0) is 12.4. The van der Waals surface area contributed by atoms with Crippen LogP contribution >= 0.6 is 0 Å². The maximum absolute atomic E-state index is 10.4. The van der Waals surface area contributed by atoms with E-state index in [-0.39, 0.29) is 0 Å². The van der Waals surface area contributed by atoms with Crippen LogP contribution in [0, 0.1) is 5.41 Å². The van der Waals surface area contributed by atoms with E-state index in [4.69, 9.17) is 0 Å². The van der Waals surface area contributed by atoms with Crippen LogP contribution < -0.4 is 5.32 Å². The van der Waals surface area contributed by atoms with Crippen LogP contribution in [0.4, 0.5) is 0 Å². The van der Waals surface area contributed by atoms with Crippen LogP contribution in [0.2, 0.25) is 0 Å². The Hall–Kier alpha value is -0.0800. The molecular weight excluding hydrogens is 210 g/mol. The lowest BCUT2D eigenvalue weighted by molar-refractivity contribution is 0.000618. The fourth-order valence-corrected chi connectivity index (χ4v) is 3.32. The van der Waals surface area contributed by atoms with E-state index in [2.05, 4.69) is 19.2 Å². The van der Waals surface area contributed by atoms with E-state index in [0.29, 0.717) is 11.5 Å². The summed E-state index contributed by atoms with van der Waals surface area (Å²) in [6, 6.07) is 0.647. The minimum absolute atomic E-state index is 0.398. The zero-order valence-corrected chi connectivity index (χ0v) is 11.6. The molecule has 0 saturated heterocycles. The number of hydrogen-bond donors (Lipinski definition) is 2. The molecule has 2 fully saturated rings. The topological polar surface area (TPSA) is 32.3 Å². The Morgan fingerprint density at radius 1 is 1.00 bits per heavy atom. The van der Waals surface area contributed by atoms with E-state index in [9.17, 15) is 5.11 Å². The van der Waals surface area contributed by atoms with Gasteiger partial charge in [-0.05, 0) is 43.9 Å². The maximum Gasteiger partial charge on any atom is 0.0771 e. The molecule has 2 heteroatoms. The average Bonchev–Trinajstić information content (AvgIpc) is 2.29. The lowest BCUT2D eigenvalue weighted by Crippen LogP contribution is -2.47. The molecule has 0 bridgehead atoms. The molecule has 0 radical (unpaired) electrons. The fourth-order valence-electron chi connectivity index (χ4n) is 3.32. The number of aliphatic hydroxyl groups is 1. The van der Waals surface area contributed by atoms with Gasteiger partial charge >= 0.3 is 0 Å². The summed E-state index contributed by atoms with van der Waals surface area (Å²) in [7, 11) is 0. The van der Waals surface area contributed by atoms with Crippen LogP contribution in [-0.2, 0) is 0 Å². The van der Waals surface area contributed by atoms with Crippen molar-refractivity contribution in [3.63, 3.8) is 0 Å². The SMILES string of the molecule is CC1(C)CCC(NCC2(O)CCCCC2)CC1. The minimum atomic E-state index is -0.398. The van der Waals surface area contributed by atoms with Crippen LogP contribution in [-0.4, -0.2) is 23.3 Å². The third kappa shape index (κ3) is 3.96. The molecule has 2 rings (SSSR count). The van der Waals surface area contributed by atoms with E-state index >= 15 is 0 Å². The third-order valence-electron chi connectivity index (χ3n) is 4.84. The summed E-state index contributed by atoms with van der Waals surface area (Å²) in [6.07, 6.45) is 10.9. The lowest BCUT2D eigenvalue weighted by atomic mass is 9.75. The van der Waals surface area contributed by atoms with Gasteiger partial charge in [0.2, 0.25) is 0 Å². The molecule has 17 heavy (non-hydrogen) atoms. The van der Waals surface area contributed by atoms with E-state index < -0.39 is 5.60 Å². The highest BCUT2D eigenvalue weighted by molar-refractivity contribution is 4.88. The Labute approximate surface area is 106 Å². The Morgan fingerprint density at radius 3 is 2.18 bits per heavy atom. The van der Waals surface area contributed by atoms with Crippen molar-refractivity contribution in [1.29, 1.82) is 0 Å². The monoisotopic (exact) mass is 239 g/mol. The van der Waals surface area contributed by atoms with E-state index in [0.717, 1.165) is 19.4 Å². The quantitative estimate of drug-likeness (QED) is 0.792. The molecule has 0 heterocycles. The molecule has 0 aromatic heterocycles. The van der Waals surface area contributed by atoms with Crippen LogP contribution in [0.15, 0.2) is 0 Å². The molecule has 0 unspecified atom stereocenters. The molecule has 100 valence electrons. The first kappa shape index (κ1) is 13.4. The molecule has 2 saturated carbocycles. The van der Waals surface area contributed by atoms with Gasteiger partial charge in [-0.1, -0.05) is 33.1 Å². The second-order valence-electron chi connectivity index (χ2n) is 7.10. The molecule has 0 aromatic rings. The fraction of sp³-hybridized carbons (Fsp3) is 1.00. The van der Waals surface area contributed by atoms with Gasteiger partial charge in [0.1, 0.15) is 0 Å². The summed E-state index contributed by atoms with van der Waals surface area (Å²) >= 11 is 0. The van der Waals surface area contributed by atoms with Gasteiger partial charge in [0.25, 0.3) is 0 Å². The van der Waals surface area contributed by atoms with Crippen molar-refractivity contribution >= 4 is 0 Å². The van der Waals surface area contributed by atoms with Gasteiger partial charge in [-0.2, -0.15) is 0 Å². The number of rotatable bonds is 3. The van der Waals surface area contributed by atoms with E-state index in [1.165, 1.54) is 44.9 Å². The summed E-state index contributed by atoms with van der Waals surface area (Å²) < 4.78 is 0. The van der Waals surface area contributed by atoms with Gasteiger partial charge in [-0.15, -0.1) is 0 Å². The van der Waals surface area contributed by atoms with Crippen molar-refractivity contribution in [2.24, 2.45) is 5.41 Å². The van der Waals surface area contributed by atoms with Crippen LogP contribution in [0.5, 0.6) is 0 Å². The van der Waals surface area contributed by atoms with Gasteiger partial charge in [0.05, 0.1) is 5.60 Å². The molecule has 0 aromatic carbocycles. The predicted molar refractivity (Wildman–Crippen MR) is 72.1 cm³/mol. The van der Waals surface area contributed by atoms with Crippen LogP contribution in [0.25, 0.3) is 0 Å². The molecule has 2 aliphatic rings. The van der Waals surface area contributed by atoms with Crippen molar-refractivity contribution < 1.29 is 5.11 Å². The highest BCUT2D eigenvalue weighted by Gasteiger charge is 2.31. The van der Waals surface area contributed by atoms with E-state index in [1.54, 1.807) is 0 Å². The van der Waals surface area contributed by atoms with Gasteiger partial charge in [0, 0.05) is 12.6 Å². The van der Waals surface area contributed by atoms with Crippen LogP contribution in [0.3, 0.4) is 0 Å². The third-order valence-corrected chi connectivity index (χ3v) is 4.84. The molecule has 2 N–H and O–H groups in total. The number of nitrogens with one attached hydrogen (secondary N) is 1. The Bertz CT molecular complexity index is 233. The first-order valence-electron chi connectivity index (χ1n) is 7.45. The van der Waals surface area contributed by atoms with E-state index in [1.807, 2.05) is 0 Å². The standard InChI is InChI=1S/C15H29NO/c1-14(2)10-6-13(7-11-14)16-12-15(17)8-4-3-5-9-15/h13,16-17H,3-12H2,1-2H3. The van der Waals surface area contributed by atoms with Crippen molar-refractivity contribution in [3.8, 4) is 0 Å². The molecule has 0 spiro atoms. The first-order valence-corrected chi connectivity index (χ1v) is 7.45. The Morgan fingerprint density at radius 2 is 1.59 bits per heavy atom. The molecule has 0 atom stereocenters. The second-order valence-corrected chi connectivity index (χ2v) is 7.10. The predicted octanol–water partition coefficient (Wildman–Crippen LogP) is 3.24. The van der Waals surface area contributed by atoms with Gasteiger partial charge < -0.3 is 10.4 Å². The highest BCUT2D eigenvalue weighted by atomic mass is 16.3. The molecular formula is C15H29NO. The average molecular weight is 239 g/mol. The zero-order valence-electron chi connectivity index (χ0n) is 11.6. The largest absolute Gasteiger partial charge is 0.389 e. The minimum Gasteiger partial charge on any atom is -0.389 e. The van der Waals surface area contributed by atoms with Crippen molar-refractivity contribution in [1.82, 2.24) is 5.32 Å².